The molecule has 1 aromatic heterocycles. The SMILES string of the molecule is CCCCCNC(=O)CSc1nncn1-c1cccc(NC(C)=O)c1. The van der Waals surface area contributed by atoms with Gasteiger partial charge >= 0.3 is 0 Å². The van der Waals surface area contributed by atoms with Gasteiger partial charge in [-0.25, -0.2) is 0 Å². The van der Waals surface area contributed by atoms with Crippen LogP contribution in [0.5, 0.6) is 0 Å². The van der Waals surface area contributed by atoms with E-state index >= 15 is 0 Å². The summed E-state index contributed by atoms with van der Waals surface area (Å²) in [5, 5.41) is 14.3. The Labute approximate surface area is 151 Å². The van der Waals surface area contributed by atoms with Crippen molar-refractivity contribution < 1.29 is 9.59 Å². The molecule has 0 fully saturated rings. The standard InChI is InChI=1S/C17H23N5O2S/c1-3-4-5-9-18-16(24)11-25-17-21-19-12-22(17)15-8-6-7-14(10-15)20-13(2)23/h6-8,10,12H,3-5,9,11H2,1-2H3,(H,18,24)(H,20,23). The number of benzene rings is 1. The van der Waals surface area contributed by atoms with E-state index in [2.05, 4.69) is 27.8 Å². The van der Waals surface area contributed by atoms with Gasteiger partial charge in [0.1, 0.15) is 6.33 Å². The van der Waals surface area contributed by atoms with Crippen LogP contribution in [0, 0.1) is 0 Å². The van der Waals surface area contributed by atoms with Gasteiger partial charge in [0.25, 0.3) is 0 Å². The number of rotatable bonds is 9. The number of unbranched alkanes of at least 4 members (excludes halogenated alkanes) is 2. The molecule has 2 rings (SSSR count). The molecule has 2 aromatic rings. The Balaban J connectivity index is 1.96. The highest BCUT2D eigenvalue weighted by Crippen LogP contribution is 2.21. The fourth-order valence-corrected chi connectivity index (χ4v) is 2.98. The summed E-state index contributed by atoms with van der Waals surface area (Å²) in [6.07, 6.45) is 4.84. The normalized spacial score (nSPS) is 10.5. The second-order valence-electron chi connectivity index (χ2n) is 5.56. The molecule has 0 saturated heterocycles. The highest BCUT2D eigenvalue weighted by Gasteiger charge is 2.10. The van der Waals surface area contributed by atoms with Crippen LogP contribution in [-0.2, 0) is 9.59 Å². The first kappa shape index (κ1) is 19.0. The highest BCUT2D eigenvalue weighted by atomic mass is 32.2. The lowest BCUT2D eigenvalue weighted by molar-refractivity contribution is -0.118. The molecule has 2 amide bonds. The fourth-order valence-electron chi connectivity index (χ4n) is 2.22. The molecular weight excluding hydrogens is 338 g/mol. The van der Waals surface area contributed by atoms with Gasteiger partial charge in [-0.05, 0) is 24.6 Å². The summed E-state index contributed by atoms with van der Waals surface area (Å²) in [7, 11) is 0. The molecule has 0 spiro atoms. The van der Waals surface area contributed by atoms with Crippen molar-refractivity contribution in [3.63, 3.8) is 0 Å². The van der Waals surface area contributed by atoms with E-state index in [0.717, 1.165) is 24.9 Å². The van der Waals surface area contributed by atoms with E-state index in [4.69, 9.17) is 0 Å². The molecule has 0 atom stereocenters. The van der Waals surface area contributed by atoms with Crippen LogP contribution in [0.4, 0.5) is 5.69 Å². The lowest BCUT2D eigenvalue weighted by Crippen LogP contribution is -2.26. The number of nitrogens with zero attached hydrogens (tertiary/aromatic N) is 3. The molecule has 134 valence electrons. The van der Waals surface area contributed by atoms with Gasteiger partial charge in [0.2, 0.25) is 11.8 Å². The van der Waals surface area contributed by atoms with Gasteiger partial charge in [-0.15, -0.1) is 10.2 Å². The largest absolute Gasteiger partial charge is 0.355 e. The van der Waals surface area contributed by atoms with Crippen molar-refractivity contribution in [2.75, 3.05) is 17.6 Å². The van der Waals surface area contributed by atoms with Crippen molar-refractivity contribution >= 4 is 29.3 Å². The van der Waals surface area contributed by atoms with E-state index in [1.54, 1.807) is 10.9 Å². The third-order valence-electron chi connectivity index (χ3n) is 3.40. The molecule has 2 N–H and O–H groups in total. The number of hydrogen-bond donors (Lipinski definition) is 2. The Hall–Kier alpha value is -2.35. The van der Waals surface area contributed by atoms with E-state index in [1.807, 2.05) is 24.3 Å². The molecule has 0 radical (unpaired) electrons. The van der Waals surface area contributed by atoms with Crippen molar-refractivity contribution in [2.24, 2.45) is 0 Å². The minimum absolute atomic E-state index is 0.0114. The van der Waals surface area contributed by atoms with Gasteiger partial charge in [-0.1, -0.05) is 37.6 Å². The molecule has 8 heteroatoms. The summed E-state index contributed by atoms with van der Waals surface area (Å²) in [5.41, 5.74) is 1.52. The maximum Gasteiger partial charge on any atom is 0.230 e. The molecule has 0 unspecified atom stereocenters. The maximum absolute atomic E-state index is 11.9. The maximum atomic E-state index is 11.9. The topological polar surface area (TPSA) is 88.9 Å². The molecule has 1 heterocycles. The summed E-state index contributed by atoms with van der Waals surface area (Å²) in [4.78, 5) is 23.1. The molecule has 0 aliphatic rings. The number of aromatic nitrogens is 3. The quantitative estimate of drug-likeness (QED) is 0.529. The van der Waals surface area contributed by atoms with Crippen molar-refractivity contribution in [1.82, 2.24) is 20.1 Å². The lowest BCUT2D eigenvalue weighted by atomic mass is 10.2. The number of nitrogens with one attached hydrogen (secondary N) is 2. The van der Waals surface area contributed by atoms with Crippen LogP contribution in [0.1, 0.15) is 33.1 Å². The average Bonchev–Trinajstić information content (AvgIpc) is 3.05. The van der Waals surface area contributed by atoms with E-state index in [9.17, 15) is 9.59 Å². The third-order valence-corrected chi connectivity index (χ3v) is 4.34. The summed E-state index contributed by atoms with van der Waals surface area (Å²) in [5.74, 6) is 0.147. The predicted molar refractivity (Wildman–Crippen MR) is 98.9 cm³/mol. The number of amides is 2. The van der Waals surface area contributed by atoms with Crippen LogP contribution in [0.3, 0.4) is 0 Å². The summed E-state index contributed by atoms with van der Waals surface area (Å²) < 4.78 is 1.79. The molecule has 0 saturated carbocycles. The fraction of sp³-hybridized carbons (Fsp3) is 0.412. The number of hydrogen-bond acceptors (Lipinski definition) is 5. The van der Waals surface area contributed by atoms with Gasteiger partial charge in [-0.3, -0.25) is 14.2 Å². The van der Waals surface area contributed by atoms with Gasteiger partial charge in [0.15, 0.2) is 5.16 Å². The van der Waals surface area contributed by atoms with Crippen molar-refractivity contribution in [1.29, 1.82) is 0 Å². The Bertz CT molecular complexity index is 717. The number of carbonyl (C=O) groups is 2. The summed E-state index contributed by atoms with van der Waals surface area (Å²) in [6, 6.07) is 7.38. The number of thioether (sulfide) groups is 1. The van der Waals surface area contributed by atoms with Crippen molar-refractivity contribution in [2.45, 2.75) is 38.3 Å². The Kier molecular flexibility index (Phi) is 7.46. The molecule has 0 aliphatic heterocycles. The lowest BCUT2D eigenvalue weighted by Gasteiger charge is -2.09. The number of carbonyl (C=O) groups excluding carboxylic acids is 2. The predicted octanol–water partition coefficient (Wildman–Crippen LogP) is 2.62. The van der Waals surface area contributed by atoms with Crippen LogP contribution in [-0.4, -0.2) is 38.9 Å². The van der Waals surface area contributed by atoms with Crippen LogP contribution in [0.15, 0.2) is 35.7 Å². The zero-order chi connectivity index (χ0) is 18.1. The van der Waals surface area contributed by atoms with Gasteiger partial charge in [0, 0.05) is 19.2 Å². The molecule has 7 nitrogen and oxygen atoms in total. The number of anilines is 1. The van der Waals surface area contributed by atoms with Gasteiger partial charge in [-0.2, -0.15) is 0 Å². The van der Waals surface area contributed by atoms with Crippen molar-refractivity contribution in [3.8, 4) is 5.69 Å². The van der Waals surface area contributed by atoms with Crippen LogP contribution >= 0.6 is 11.8 Å². The minimum Gasteiger partial charge on any atom is -0.355 e. The molecule has 0 bridgehead atoms. The monoisotopic (exact) mass is 361 g/mol. The molecule has 1 aromatic carbocycles. The van der Waals surface area contributed by atoms with Gasteiger partial charge < -0.3 is 10.6 Å². The first-order valence-electron chi connectivity index (χ1n) is 8.27. The molecule has 0 aliphatic carbocycles. The highest BCUT2D eigenvalue weighted by molar-refractivity contribution is 7.99. The minimum atomic E-state index is -0.129. The Morgan fingerprint density at radius 1 is 1.28 bits per heavy atom. The summed E-state index contributed by atoms with van der Waals surface area (Å²) >= 11 is 1.33. The average molecular weight is 361 g/mol. The van der Waals surface area contributed by atoms with Crippen LogP contribution < -0.4 is 10.6 Å². The smallest absolute Gasteiger partial charge is 0.230 e. The molecule has 25 heavy (non-hydrogen) atoms. The van der Waals surface area contributed by atoms with E-state index in [1.165, 1.54) is 18.7 Å². The van der Waals surface area contributed by atoms with E-state index in [-0.39, 0.29) is 17.6 Å². The molecular formula is C17H23N5O2S. The second-order valence-corrected chi connectivity index (χ2v) is 6.50. The third kappa shape index (κ3) is 6.22. The van der Waals surface area contributed by atoms with E-state index in [0.29, 0.717) is 17.4 Å². The van der Waals surface area contributed by atoms with Crippen LogP contribution in [0.2, 0.25) is 0 Å². The summed E-state index contributed by atoms with van der Waals surface area (Å²) in [6.45, 7) is 4.30. The van der Waals surface area contributed by atoms with Gasteiger partial charge in [0.05, 0.1) is 11.4 Å². The first-order chi connectivity index (χ1) is 12.1. The Morgan fingerprint density at radius 2 is 2.12 bits per heavy atom. The second kappa shape index (κ2) is 9.83. The zero-order valence-electron chi connectivity index (χ0n) is 14.5. The zero-order valence-corrected chi connectivity index (χ0v) is 15.3. The Morgan fingerprint density at radius 3 is 2.88 bits per heavy atom. The van der Waals surface area contributed by atoms with E-state index < -0.39 is 0 Å². The first-order valence-corrected chi connectivity index (χ1v) is 9.26. The van der Waals surface area contributed by atoms with Crippen LogP contribution in [0.25, 0.3) is 5.69 Å². The van der Waals surface area contributed by atoms with Crippen molar-refractivity contribution in [3.05, 3.63) is 30.6 Å².